The molecule has 0 radical (unpaired) electrons. The monoisotopic (exact) mass is 438 g/mol. The van der Waals surface area contributed by atoms with E-state index in [1.807, 2.05) is 13.8 Å². The van der Waals surface area contributed by atoms with Gasteiger partial charge in [0.15, 0.2) is 6.20 Å². The zero-order chi connectivity index (χ0) is 23.4. The van der Waals surface area contributed by atoms with Crippen molar-refractivity contribution in [2.45, 2.75) is 26.3 Å². The Balaban J connectivity index is 1.94. The van der Waals surface area contributed by atoms with Gasteiger partial charge in [0.05, 0.1) is 27.3 Å². The third-order valence-corrected chi connectivity index (χ3v) is 7.77. The minimum absolute atomic E-state index is 0.593. The molecule has 7 aromatic rings. The molecular formula is C31H24N3+. The lowest BCUT2D eigenvalue weighted by molar-refractivity contribution is -0.643. The second-order valence-corrected chi connectivity index (χ2v) is 10.0. The maximum absolute atomic E-state index is 7.83. The average molecular weight is 439 g/mol. The molecule has 4 aromatic carbocycles. The predicted molar refractivity (Wildman–Crippen MR) is 142 cm³/mol. The molecule has 0 saturated heterocycles. The number of pyridine rings is 2. The molecule has 0 unspecified atom stereocenters. The highest BCUT2D eigenvalue weighted by atomic mass is 15.0. The van der Waals surface area contributed by atoms with E-state index >= 15 is 0 Å². The Kier molecular flexibility index (Phi) is 3.55. The summed E-state index contributed by atoms with van der Waals surface area (Å²) in [6, 6.07) is 24.2. The Hall–Kier alpha value is -4.16. The maximum atomic E-state index is 7.83. The number of hydrogen-bond donors (Lipinski definition) is 0. The van der Waals surface area contributed by atoms with Crippen molar-refractivity contribution in [2.24, 2.45) is 7.05 Å². The number of fused-ring (bicyclic) bond motifs is 7. The number of hydrogen-bond acceptors (Lipinski definition) is 0. The van der Waals surface area contributed by atoms with Gasteiger partial charge in [0.25, 0.3) is 5.54 Å². The fourth-order valence-corrected chi connectivity index (χ4v) is 6.01. The van der Waals surface area contributed by atoms with Crippen molar-refractivity contribution in [3.05, 3.63) is 95.5 Å². The molecule has 0 fully saturated rings. The van der Waals surface area contributed by atoms with Crippen molar-refractivity contribution >= 4 is 59.8 Å². The number of rotatable bonds is 1. The van der Waals surface area contributed by atoms with Crippen molar-refractivity contribution in [3.8, 4) is 0 Å². The van der Waals surface area contributed by atoms with Gasteiger partial charge in [0, 0.05) is 36.2 Å². The second kappa shape index (κ2) is 6.24. The van der Waals surface area contributed by atoms with Gasteiger partial charge < -0.3 is 9.25 Å². The summed E-state index contributed by atoms with van der Waals surface area (Å²) < 4.78 is 4.72. The molecule has 162 valence electrons. The highest BCUT2D eigenvalue weighted by Gasteiger charge is 2.30. The first-order valence-electron chi connectivity index (χ1n) is 11.7. The van der Waals surface area contributed by atoms with Gasteiger partial charge in [0.1, 0.15) is 7.05 Å². The zero-order valence-electron chi connectivity index (χ0n) is 19.8. The van der Waals surface area contributed by atoms with E-state index in [4.69, 9.17) is 6.57 Å². The molecule has 0 spiro atoms. The van der Waals surface area contributed by atoms with Gasteiger partial charge in [-0.15, -0.1) is 0 Å². The van der Waals surface area contributed by atoms with Crippen molar-refractivity contribution in [1.82, 2.24) is 4.40 Å². The number of aromatic nitrogens is 2. The zero-order valence-corrected chi connectivity index (χ0v) is 19.8. The Morgan fingerprint density at radius 1 is 0.824 bits per heavy atom. The lowest BCUT2D eigenvalue weighted by Gasteiger charge is -2.18. The van der Waals surface area contributed by atoms with Crippen LogP contribution in [-0.4, -0.2) is 4.40 Å². The highest BCUT2D eigenvalue weighted by molar-refractivity contribution is 6.32. The van der Waals surface area contributed by atoms with Crippen LogP contribution in [0.4, 0.5) is 0 Å². The Morgan fingerprint density at radius 2 is 1.53 bits per heavy atom. The lowest BCUT2D eigenvalue weighted by atomic mass is 9.90. The average Bonchev–Trinajstić information content (AvgIpc) is 3.20. The van der Waals surface area contributed by atoms with Crippen LogP contribution < -0.4 is 4.57 Å². The van der Waals surface area contributed by atoms with Crippen molar-refractivity contribution < 1.29 is 4.57 Å². The van der Waals surface area contributed by atoms with Gasteiger partial charge >= 0.3 is 0 Å². The first kappa shape index (κ1) is 19.3. The summed E-state index contributed by atoms with van der Waals surface area (Å²) in [5.41, 5.74) is 6.68. The van der Waals surface area contributed by atoms with Crippen LogP contribution in [0.1, 0.15) is 25.0 Å². The van der Waals surface area contributed by atoms with Crippen LogP contribution >= 0.6 is 0 Å². The predicted octanol–water partition coefficient (Wildman–Crippen LogP) is 7.43. The Bertz CT molecular complexity index is 2020. The molecule has 0 aliphatic heterocycles. The van der Waals surface area contributed by atoms with Gasteiger partial charge in [-0.05, 0) is 46.8 Å². The molecule has 0 N–H and O–H groups in total. The van der Waals surface area contributed by atoms with Crippen LogP contribution in [-0.2, 0) is 12.6 Å². The summed E-state index contributed by atoms with van der Waals surface area (Å²) >= 11 is 0. The van der Waals surface area contributed by atoms with E-state index in [0.717, 1.165) is 5.56 Å². The Morgan fingerprint density at radius 3 is 2.29 bits per heavy atom. The van der Waals surface area contributed by atoms with Crippen molar-refractivity contribution in [2.75, 3.05) is 0 Å². The van der Waals surface area contributed by atoms with E-state index < -0.39 is 5.54 Å². The lowest BCUT2D eigenvalue weighted by Crippen LogP contribution is -2.29. The molecule has 0 aliphatic carbocycles. The van der Waals surface area contributed by atoms with Crippen molar-refractivity contribution in [3.63, 3.8) is 0 Å². The van der Waals surface area contributed by atoms with Gasteiger partial charge in [-0.3, -0.25) is 0 Å². The number of nitrogens with zero attached hydrogens (tertiary/aromatic N) is 3. The van der Waals surface area contributed by atoms with E-state index in [1.54, 1.807) is 0 Å². The van der Waals surface area contributed by atoms with Crippen LogP contribution in [0, 0.1) is 13.5 Å². The van der Waals surface area contributed by atoms with E-state index in [0.29, 0.717) is 0 Å². The van der Waals surface area contributed by atoms with Crippen LogP contribution in [0.25, 0.3) is 64.6 Å². The summed E-state index contributed by atoms with van der Waals surface area (Å²) in [4.78, 5) is 3.96. The maximum Gasteiger partial charge on any atom is 0.252 e. The fraction of sp³-hybridized carbons (Fsp3) is 0.161. The van der Waals surface area contributed by atoms with E-state index in [9.17, 15) is 0 Å². The normalized spacial score (nSPS) is 12.7. The molecule has 0 bridgehead atoms. The van der Waals surface area contributed by atoms with Crippen LogP contribution in [0.15, 0.2) is 72.9 Å². The number of benzene rings is 4. The molecule has 0 aliphatic rings. The third kappa shape index (κ3) is 2.18. The number of aryl methyl sites for hydroxylation is 2. The largest absolute Gasteiger partial charge is 0.307 e. The molecule has 0 atom stereocenters. The minimum atomic E-state index is -0.593. The Labute approximate surface area is 197 Å². The van der Waals surface area contributed by atoms with E-state index in [1.165, 1.54) is 65.3 Å². The molecule has 34 heavy (non-hydrogen) atoms. The summed E-state index contributed by atoms with van der Waals surface area (Å²) in [6.45, 7) is 14.1. The summed E-state index contributed by atoms with van der Waals surface area (Å²) in [5, 5.41) is 8.92. The molecule has 0 amide bonds. The molecule has 3 heteroatoms. The van der Waals surface area contributed by atoms with Gasteiger partial charge in [-0.25, -0.2) is 11.1 Å². The fourth-order valence-electron chi connectivity index (χ4n) is 6.01. The van der Waals surface area contributed by atoms with Crippen molar-refractivity contribution in [1.29, 1.82) is 0 Å². The summed E-state index contributed by atoms with van der Waals surface area (Å²) in [6.07, 6.45) is 2.16. The molecule has 0 saturated carbocycles. The van der Waals surface area contributed by atoms with Gasteiger partial charge in [0.2, 0.25) is 5.52 Å². The molecule has 3 nitrogen and oxygen atoms in total. The summed E-state index contributed by atoms with van der Waals surface area (Å²) in [5.74, 6) is 0. The van der Waals surface area contributed by atoms with Crippen LogP contribution in [0.2, 0.25) is 0 Å². The standard InChI is InChI=1S/C31H24N3/c1-18-21-10-6-7-11-22(21)28-23-12-8-9-13-24(23)34-25-17-20(31(2,3)32-4)16-19-14-15-33(5)29(27(19)25)26(18)30(28)34/h6-17H,1-3,5H3/q+1. The van der Waals surface area contributed by atoms with Gasteiger partial charge in [-0.1, -0.05) is 42.5 Å². The third-order valence-electron chi connectivity index (χ3n) is 7.77. The SMILES string of the molecule is [C-]#[N+]C(C)(C)c1cc2cc[n+](C)c3c4c(C)c5ccccc5c5c6ccccc6n(c(c1)c23)c45. The highest BCUT2D eigenvalue weighted by Crippen LogP contribution is 2.45. The number of para-hydroxylation sites is 1. The van der Waals surface area contributed by atoms with Crippen LogP contribution in [0.5, 0.6) is 0 Å². The molecule has 3 aromatic heterocycles. The first-order valence-corrected chi connectivity index (χ1v) is 11.7. The molecule has 3 heterocycles. The second-order valence-electron chi connectivity index (χ2n) is 10.0. The molecular weight excluding hydrogens is 414 g/mol. The van der Waals surface area contributed by atoms with Crippen LogP contribution in [0.3, 0.4) is 0 Å². The van der Waals surface area contributed by atoms with E-state index in [-0.39, 0.29) is 0 Å². The van der Waals surface area contributed by atoms with Gasteiger partial charge in [-0.2, -0.15) is 0 Å². The molecule has 7 rings (SSSR count). The smallest absolute Gasteiger partial charge is 0.252 e. The minimum Gasteiger partial charge on any atom is -0.307 e. The first-order chi connectivity index (χ1) is 16.4. The summed E-state index contributed by atoms with van der Waals surface area (Å²) in [7, 11) is 2.15. The quantitative estimate of drug-likeness (QED) is 0.109. The topological polar surface area (TPSA) is 12.7 Å². The van der Waals surface area contributed by atoms with E-state index in [2.05, 4.69) is 101 Å².